The summed E-state index contributed by atoms with van der Waals surface area (Å²) < 4.78 is 5.12. The molecule has 0 aliphatic rings. The average molecular weight is 291 g/mol. The van der Waals surface area contributed by atoms with Gasteiger partial charge in [-0.3, -0.25) is 9.59 Å². The van der Waals surface area contributed by atoms with Crippen LogP contribution in [0.5, 0.6) is 0 Å². The van der Waals surface area contributed by atoms with Gasteiger partial charge >= 0.3 is 0 Å². The van der Waals surface area contributed by atoms with Crippen molar-refractivity contribution in [2.75, 3.05) is 0 Å². The number of hydrogen-bond acceptors (Lipinski definition) is 4. The highest BCUT2D eigenvalue weighted by Crippen LogP contribution is 2.26. The molecule has 0 saturated heterocycles. The molecule has 0 amide bonds. The molecule has 0 spiro atoms. The van der Waals surface area contributed by atoms with Gasteiger partial charge in [-0.25, -0.2) is 0 Å². The van der Waals surface area contributed by atoms with E-state index in [0.717, 1.165) is 11.8 Å². The van der Waals surface area contributed by atoms with Crippen molar-refractivity contribution in [3.63, 3.8) is 0 Å². The molecule has 5 heteroatoms. The Morgan fingerprint density at radius 2 is 1.79 bits per heavy atom. The third-order valence-electron chi connectivity index (χ3n) is 2.75. The number of hydrogen-bond donors (Lipinski definition) is 0. The monoisotopic (exact) mass is 290 g/mol. The molecule has 1 heterocycles. The molecule has 0 saturated carbocycles. The van der Waals surface area contributed by atoms with E-state index in [4.69, 9.17) is 16.0 Å². The third kappa shape index (κ3) is 2.25. The molecule has 3 nitrogen and oxygen atoms in total. The summed E-state index contributed by atoms with van der Waals surface area (Å²) in [5.74, 6) is 0. The smallest absolute Gasteiger partial charge is 0.284 e. The lowest BCUT2D eigenvalue weighted by Gasteiger charge is -2.02. The molecule has 0 aliphatic heterocycles. The molecule has 0 aliphatic carbocycles. The van der Waals surface area contributed by atoms with Gasteiger partial charge in [-0.15, -0.1) is 0 Å². The Hall–Kier alpha value is -1.78. The molecule has 0 unspecified atom stereocenters. The minimum Gasteiger partial charge on any atom is -0.456 e. The number of thioether (sulfide) groups is 1. The molecule has 0 N–H and O–H groups in total. The van der Waals surface area contributed by atoms with E-state index in [1.165, 1.54) is 0 Å². The molecule has 0 radical (unpaired) electrons. The van der Waals surface area contributed by atoms with Crippen molar-refractivity contribution in [1.29, 1.82) is 0 Å². The molecule has 19 heavy (non-hydrogen) atoms. The van der Waals surface area contributed by atoms with Gasteiger partial charge in [0.15, 0.2) is 0 Å². The minimum absolute atomic E-state index is 0.110. The molecular formula is C14H7ClO3S. The van der Waals surface area contributed by atoms with Crippen molar-refractivity contribution < 1.29 is 9.21 Å². The van der Waals surface area contributed by atoms with Crippen LogP contribution in [-0.4, -0.2) is 4.57 Å². The fourth-order valence-electron chi connectivity index (χ4n) is 1.94. The van der Waals surface area contributed by atoms with Crippen molar-refractivity contribution in [1.82, 2.24) is 0 Å². The van der Waals surface area contributed by atoms with E-state index >= 15 is 0 Å². The number of carbonyl (C=O) groups is 1. The quantitative estimate of drug-likeness (QED) is 0.379. The molecule has 1 aromatic heterocycles. The van der Waals surface area contributed by atoms with Crippen LogP contribution in [0, 0.1) is 0 Å². The van der Waals surface area contributed by atoms with E-state index in [1.54, 1.807) is 36.4 Å². The van der Waals surface area contributed by atoms with E-state index in [9.17, 15) is 9.59 Å². The van der Waals surface area contributed by atoms with Gasteiger partial charge in [0.25, 0.3) is 4.57 Å². The van der Waals surface area contributed by atoms with Crippen molar-refractivity contribution in [3.8, 4) is 0 Å². The van der Waals surface area contributed by atoms with E-state index in [0.29, 0.717) is 26.8 Å². The first-order valence-corrected chi connectivity index (χ1v) is 6.67. The average Bonchev–Trinajstić information content (AvgIpc) is 2.39. The van der Waals surface area contributed by atoms with Crippen LogP contribution in [0.2, 0.25) is 0 Å². The zero-order valence-electron chi connectivity index (χ0n) is 9.55. The van der Waals surface area contributed by atoms with Crippen molar-refractivity contribution in [3.05, 3.63) is 52.7 Å². The number of fused-ring (bicyclic) bond motifs is 2. The van der Waals surface area contributed by atoms with Crippen molar-refractivity contribution in [2.45, 2.75) is 4.90 Å². The first-order chi connectivity index (χ1) is 9.15. The van der Waals surface area contributed by atoms with Gasteiger partial charge in [-0.05, 0) is 53.7 Å². The van der Waals surface area contributed by atoms with Gasteiger partial charge in [-0.1, -0.05) is 12.1 Å². The number of para-hydroxylation sites is 1. The number of benzene rings is 2. The SMILES string of the molecule is O=C(Cl)Sc1ccc2oc3ccccc3c(=O)c2c1. The lowest BCUT2D eigenvalue weighted by molar-refractivity contribution is 0.276. The van der Waals surface area contributed by atoms with E-state index < -0.39 is 4.57 Å². The van der Waals surface area contributed by atoms with Crippen LogP contribution < -0.4 is 5.43 Å². The normalized spacial score (nSPS) is 11.0. The Labute approximate surface area is 117 Å². The summed E-state index contributed by atoms with van der Waals surface area (Å²) in [6, 6.07) is 12.1. The van der Waals surface area contributed by atoms with Crippen LogP contribution in [0.25, 0.3) is 21.9 Å². The Morgan fingerprint density at radius 3 is 2.58 bits per heavy atom. The van der Waals surface area contributed by atoms with E-state index in [1.807, 2.05) is 6.07 Å². The van der Waals surface area contributed by atoms with Gasteiger partial charge in [0.1, 0.15) is 11.2 Å². The molecular weight excluding hydrogens is 284 g/mol. The highest BCUT2D eigenvalue weighted by Gasteiger charge is 2.09. The van der Waals surface area contributed by atoms with Crippen LogP contribution in [0.1, 0.15) is 0 Å². The summed E-state index contributed by atoms with van der Waals surface area (Å²) in [6.45, 7) is 0. The molecule has 3 rings (SSSR count). The number of halogens is 1. The van der Waals surface area contributed by atoms with Gasteiger partial charge in [0, 0.05) is 4.90 Å². The summed E-state index contributed by atoms with van der Waals surface area (Å²) in [6.07, 6.45) is 0. The fraction of sp³-hybridized carbons (Fsp3) is 0. The second-order valence-electron chi connectivity index (χ2n) is 3.93. The molecule has 0 atom stereocenters. The predicted molar refractivity (Wildman–Crippen MR) is 77.1 cm³/mol. The Kier molecular flexibility index (Phi) is 3.05. The Bertz CT molecular complexity index is 854. The molecule has 0 bridgehead atoms. The topological polar surface area (TPSA) is 47.3 Å². The highest BCUT2D eigenvalue weighted by atomic mass is 35.5. The van der Waals surface area contributed by atoms with E-state index in [-0.39, 0.29) is 5.43 Å². The third-order valence-corrected chi connectivity index (χ3v) is 3.63. The molecule has 3 aromatic rings. The van der Waals surface area contributed by atoms with Crippen LogP contribution in [-0.2, 0) is 0 Å². The van der Waals surface area contributed by atoms with Gasteiger partial charge in [0.2, 0.25) is 5.43 Å². The number of carbonyl (C=O) groups excluding carboxylic acids is 1. The van der Waals surface area contributed by atoms with Crippen LogP contribution >= 0.6 is 23.4 Å². The van der Waals surface area contributed by atoms with Crippen LogP contribution in [0.3, 0.4) is 0 Å². The molecule has 0 fully saturated rings. The second-order valence-corrected chi connectivity index (χ2v) is 5.54. The molecule has 2 aromatic carbocycles. The minimum atomic E-state index is -0.537. The first-order valence-electron chi connectivity index (χ1n) is 5.48. The van der Waals surface area contributed by atoms with Crippen LogP contribution in [0.4, 0.5) is 4.79 Å². The summed E-state index contributed by atoms with van der Waals surface area (Å²) in [4.78, 5) is 23.8. The van der Waals surface area contributed by atoms with Gasteiger partial charge < -0.3 is 4.42 Å². The lowest BCUT2D eigenvalue weighted by atomic mass is 10.1. The summed E-state index contributed by atoms with van der Waals surface area (Å²) in [7, 11) is 0. The van der Waals surface area contributed by atoms with Crippen molar-refractivity contribution >= 4 is 49.9 Å². The second kappa shape index (κ2) is 4.72. The maximum Gasteiger partial charge on any atom is 0.284 e. The van der Waals surface area contributed by atoms with Crippen molar-refractivity contribution in [2.24, 2.45) is 0 Å². The molecule has 94 valence electrons. The lowest BCUT2D eigenvalue weighted by Crippen LogP contribution is -2.01. The predicted octanol–water partition coefficient (Wildman–Crippen LogP) is 4.40. The Morgan fingerprint density at radius 1 is 1.05 bits per heavy atom. The maximum absolute atomic E-state index is 12.3. The summed E-state index contributed by atoms with van der Waals surface area (Å²) in [5, 5.41) is 0.968. The largest absolute Gasteiger partial charge is 0.456 e. The summed E-state index contributed by atoms with van der Waals surface area (Å²) >= 11 is 6.19. The Balaban J connectivity index is 2.33. The standard InChI is InChI=1S/C14H7ClO3S/c15-14(17)19-8-5-6-12-10(7-8)13(16)9-3-1-2-4-11(9)18-12/h1-7H. The van der Waals surface area contributed by atoms with Gasteiger partial charge in [0.05, 0.1) is 10.8 Å². The van der Waals surface area contributed by atoms with Gasteiger partial charge in [-0.2, -0.15) is 0 Å². The first kappa shape index (κ1) is 12.3. The fourth-order valence-corrected chi connectivity index (χ4v) is 2.70. The van der Waals surface area contributed by atoms with Crippen LogP contribution in [0.15, 0.2) is 56.6 Å². The zero-order chi connectivity index (χ0) is 13.4. The van der Waals surface area contributed by atoms with E-state index in [2.05, 4.69) is 0 Å². The summed E-state index contributed by atoms with van der Waals surface area (Å²) in [5.41, 5.74) is 0.935. The number of rotatable bonds is 1. The maximum atomic E-state index is 12.3. The zero-order valence-corrected chi connectivity index (χ0v) is 11.1. The highest BCUT2D eigenvalue weighted by molar-refractivity contribution is 8.16.